The van der Waals surface area contributed by atoms with Gasteiger partial charge in [-0.3, -0.25) is 24.0 Å². The summed E-state index contributed by atoms with van der Waals surface area (Å²) in [6.45, 7) is 5.88. The van der Waals surface area contributed by atoms with Crippen LogP contribution >= 0.6 is 0 Å². The third-order valence-corrected chi connectivity index (χ3v) is 5.71. The van der Waals surface area contributed by atoms with E-state index < -0.39 is 41.6 Å². The normalized spacial score (nSPS) is 19.7. The van der Waals surface area contributed by atoms with Crippen LogP contribution in [-0.4, -0.2) is 86.5 Å². The van der Waals surface area contributed by atoms with Crippen molar-refractivity contribution in [2.24, 2.45) is 11.3 Å². The van der Waals surface area contributed by atoms with Crippen LogP contribution < -0.4 is 0 Å². The quantitative estimate of drug-likeness (QED) is 0.244. The van der Waals surface area contributed by atoms with Gasteiger partial charge >= 0.3 is 17.9 Å². The van der Waals surface area contributed by atoms with Gasteiger partial charge in [-0.25, -0.2) is 0 Å². The van der Waals surface area contributed by atoms with Crippen molar-refractivity contribution < 1.29 is 38.2 Å². The fourth-order valence-electron chi connectivity index (χ4n) is 4.11. The summed E-state index contributed by atoms with van der Waals surface area (Å²) < 4.78 is 15.0. The minimum absolute atomic E-state index is 0.0641. The molecule has 0 aromatic carbocycles. The predicted octanol–water partition coefficient (Wildman–Crippen LogP) is 1.16. The molecule has 0 radical (unpaired) electrons. The fourth-order valence-corrected chi connectivity index (χ4v) is 4.11. The minimum Gasteiger partial charge on any atom is -0.466 e. The molecular formula is C22H36N2O8. The van der Waals surface area contributed by atoms with E-state index in [2.05, 4.69) is 0 Å². The van der Waals surface area contributed by atoms with E-state index in [4.69, 9.17) is 14.2 Å². The van der Waals surface area contributed by atoms with Gasteiger partial charge in [0.15, 0.2) is 0 Å². The molecule has 1 fully saturated rings. The first-order valence-electron chi connectivity index (χ1n) is 11.1. The van der Waals surface area contributed by atoms with Crippen LogP contribution in [0.4, 0.5) is 0 Å². The maximum atomic E-state index is 13.0. The Morgan fingerprint density at radius 2 is 1.31 bits per heavy atom. The van der Waals surface area contributed by atoms with Gasteiger partial charge in [-0.15, -0.1) is 0 Å². The maximum Gasteiger partial charge on any atom is 0.315 e. The van der Waals surface area contributed by atoms with Crippen molar-refractivity contribution in [2.75, 3.05) is 47.0 Å². The van der Waals surface area contributed by atoms with Crippen LogP contribution in [-0.2, 0) is 38.2 Å². The van der Waals surface area contributed by atoms with E-state index in [-0.39, 0.29) is 45.2 Å². The lowest BCUT2D eigenvalue weighted by Crippen LogP contribution is -2.50. The lowest BCUT2D eigenvalue weighted by Gasteiger charge is -2.38. The van der Waals surface area contributed by atoms with Gasteiger partial charge in [-0.1, -0.05) is 6.42 Å². The van der Waals surface area contributed by atoms with Crippen molar-refractivity contribution >= 4 is 29.7 Å². The molecule has 0 aromatic rings. The molecule has 0 aliphatic heterocycles. The van der Waals surface area contributed by atoms with E-state index in [1.54, 1.807) is 27.8 Å². The second-order valence-corrected chi connectivity index (χ2v) is 7.95. The predicted molar refractivity (Wildman–Crippen MR) is 114 cm³/mol. The van der Waals surface area contributed by atoms with E-state index in [1.807, 2.05) is 0 Å². The van der Waals surface area contributed by atoms with E-state index in [0.717, 1.165) is 6.42 Å². The van der Waals surface area contributed by atoms with E-state index >= 15 is 0 Å². The molecule has 10 nitrogen and oxygen atoms in total. The van der Waals surface area contributed by atoms with E-state index in [0.29, 0.717) is 12.8 Å². The molecule has 0 aromatic heterocycles. The molecule has 0 saturated heterocycles. The molecule has 1 saturated carbocycles. The standard InChI is InChI=1S/C22H36N2O8/c1-6-30-19(27)12-17(25)23(4)14-16-10-9-11-22(16,21(29)32-8-3)15-24(5)18(26)13-20(28)31-7-2/h16H,6-15H2,1-5H3. The molecule has 2 amide bonds. The Morgan fingerprint density at radius 3 is 1.81 bits per heavy atom. The Bertz CT molecular complexity index is 695. The summed E-state index contributed by atoms with van der Waals surface area (Å²) in [5.41, 5.74) is -1.01. The van der Waals surface area contributed by atoms with E-state index in [1.165, 1.54) is 16.8 Å². The van der Waals surface area contributed by atoms with Gasteiger partial charge in [0.25, 0.3) is 0 Å². The Morgan fingerprint density at radius 1 is 0.812 bits per heavy atom. The number of esters is 3. The Balaban J connectivity index is 2.98. The second kappa shape index (κ2) is 13.0. The van der Waals surface area contributed by atoms with Crippen LogP contribution in [0.25, 0.3) is 0 Å². The number of rotatable bonds is 12. The molecule has 0 spiro atoms. The highest BCUT2D eigenvalue weighted by atomic mass is 16.5. The molecule has 0 heterocycles. The molecule has 1 rings (SSSR count). The number of ether oxygens (including phenoxy) is 3. The van der Waals surface area contributed by atoms with E-state index in [9.17, 15) is 24.0 Å². The van der Waals surface area contributed by atoms with Crippen molar-refractivity contribution in [3.05, 3.63) is 0 Å². The molecule has 2 unspecified atom stereocenters. The zero-order valence-electron chi connectivity index (χ0n) is 19.8. The average molecular weight is 457 g/mol. The van der Waals surface area contributed by atoms with Gasteiger partial charge in [0.05, 0.1) is 25.2 Å². The number of carbonyl (C=O) groups excluding carboxylic acids is 5. The molecule has 2 atom stereocenters. The smallest absolute Gasteiger partial charge is 0.315 e. The lowest BCUT2D eigenvalue weighted by molar-refractivity contribution is -0.162. The molecule has 0 bridgehead atoms. The third-order valence-electron chi connectivity index (χ3n) is 5.71. The number of nitrogens with zero attached hydrogens (tertiary/aromatic N) is 2. The fraction of sp³-hybridized carbons (Fsp3) is 0.773. The third kappa shape index (κ3) is 7.49. The summed E-state index contributed by atoms with van der Waals surface area (Å²) in [4.78, 5) is 64.1. The van der Waals surface area contributed by atoms with Crippen LogP contribution in [0.3, 0.4) is 0 Å². The average Bonchev–Trinajstić information content (AvgIpc) is 3.11. The zero-order valence-corrected chi connectivity index (χ0v) is 19.8. The second-order valence-electron chi connectivity index (χ2n) is 7.95. The number of hydrogen-bond donors (Lipinski definition) is 0. The van der Waals surface area contributed by atoms with Crippen molar-refractivity contribution in [1.29, 1.82) is 0 Å². The molecule has 32 heavy (non-hydrogen) atoms. The Labute approximate surface area is 189 Å². The Hall–Kier alpha value is -2.65. The minimum atomic E-state index is -1.01. The SMILES string of the molecule is CCOC(=O)CC(=O)N(C)CC1CCCC1(CN(C)C(=O)CC(=O)OCC)C(=O)OCC. The zero-order chi connectivity index (χ0) is 24.3. The largest absolute Gasteiger partial charge is 0.466 e. The molecule has 182 valence electrons. The summed E-state index contributed by atoms with van der Waals surface area (Å²) >= 11 is 0. The number of amides is 2. The molecule has 1 aliphatic rings. The summed E-state index contributed by atoms with van der Waals surface area (Å²) in [7, 11) is 3.11. The van der Waals surface area contributed by atoms with Crippen LogP contribution in [0, 0.1) is 11.3 Å². The topological polar surface area (TPSA) is 120 Å². The van der Waals surface area contributed by atoms with Crippen molar-refractivity contribution in [2.45, 2.75) is 52.9 Å². The monoisotopic (exact) mass is 456 g/mol. The van der Waals surface area contributed by atoms with Crippen molar-refractivity contribution in [3.8, 4) is 0 Å². The van der Waals surface area contributed by atoms with Crippen LogP contribution in [0.15, 0.2) is 0 Å². The van der Waals surface area contributed by atoms with Gasteiger partial charge in [0.2, 0.25) is 11.8 Å². The molecular weight excluding hydrogens is 420 g/mol. The highest BCUT2D eigenvalue weighted by Gasteiger charge is 2.51. The number of hydrogen-bond acceptors (Lipinski definition) is 8. The highest BCUT2D eigenvalue weighted by molar-refractivity contribution is 5.95. The Kier molecular flexibility index (Phi) is 11.1. The van der Waals surface area contributed by atoms with Gasteiger partial charge in [-0.2, -0.15) is 0 Å². The van der Waals surface area contributed by atoms with Crippen molar-refractivity contribution in [1.82, 2.24) is 9.80 Å². The number of carbonyl (C=O) groups is 5. The van der Waals surface area contributed by atoms with Gasteiger partial charge in [0, 0.05) is 27.2 Å². The molecule has 10 heteroatoms. The van der Waals surface area contributed by atoms with Gasteiger partial charge < -0.3 is 24.0 Å². The summed E-state index contributed by atoms with van der Waals surface area (Å²) in [6.07, 6.45) is 1.10. The van der Waals surface area contributed by atoms with Crippen LogP contribution in [0.5, 0.6) is 0 Å². The maximum absolute atomic E-state index is 13.0. The first-order chi connectivity index (χ1) is 15.1. The summed E-state index contributed by atoms with van der Waals surface area (Å²) in [5, 5.41) is 0. The summed E-state index contributed by atoms with van der Waals surface area (Å²) in [5.74, 6) is -2.78. The first kappa shape index (κ1) is 27.4. The van der Waals surface area contributed by atoms with Gasteiger partial charge in [0.1, 0.15) is 12.8 Å². The lowest BCUT2D eigenvalue weighted by atomic mass is 9.76. The van der Waals surface area contributed by atoms with Gasteiger partial charge in [-0.05, 0) is 39.5 Å². The van der Waals surface area contributed by atoms with Crippen LogP contribution in [0.2, 0.25) is 0 Å². The summed E-state index contributed by atoms with van der Waals surface area (Å²) in [6, 6.07) is 0. The molecule has 0 N–H and O–H groups in total. The highest BCUT2D eigenvalue weighted by Crippen LogP contribution is 2.45. The van der Waals surface area contributed by atoms with Crippen molar-refractivity contribution in [3.63, 3.8) is 0 Å². The van der Waals surface area contributed by atoms with Crippen LogP contribution in [0.1, 0.15) is 52.9 Å². The molecule has 1 aliphatic carbocycles. The first-order valence-corrected chi connectivity index (χ1v) is 11.1.